The van der Waals surface area contributed by atoms with E-state index in [0.717, 1.165) is 23.1 Å². The van der Waals surface area contributed by atoms with Crippen molar-refractivity contribution in [2.45, 2.75) is 45.6 Å². The van der Waals surface area contributed by atoms with Gasteiger partial charge in [0.15, 0.2) is 5.82 Å². The molecule has 2 aromatic heterocycles. The average Bonchev–Trinajstić information content (AvgIpc) is 2.87. The van der Waals surface area contributed by atoms with E-state index in [1.54, 1.807) is 11.3 Å². The smallest absolute Gasteiger partial charge is 0.162 e. The van der Waals surface area contributed by atoms with Crippen molar-refractivity contribution in [2.75, 3.05) is 6.61 Å². The summed E-state index contributed by atoms with van der Waals surface area (Å²) in [6.07, 6.45) is 3.48. The van der Waals surface area contributed by atoms with Crippen LogP contribution in [0.15, 0.2) is 0 Å². The summed E-state index contributed by atoms with van der Waals surface area (Å²) in [5.74, 6) is 0.673. The van der Waals surface area contributed by atoms with Gasteiger partial charge in [0, 0.05) is 11.5 Å². The van der Waals surface area contributed by atoms with E-state index in [4.69, 9.17) is 16.3 Å². The summed E-state index contributed by atoms with van der Waals surface area (Å²) in [7, 11) is 0. The fourth-order valence-corrected chi connectivity index (χ4v) is 4.25. The van der Waals surface area contributed by atoms with Crippen molar-refractivity contribution in [3.63, 3.8) is 0 Å². The third kappa shape index (κ3) is 2.16. The van der Waals surface area contributed by atoms with Crippen LogP contribution in [0, 0.1) is 0 Å². The molecular formula is C14H17ClN2OS. The van der Waals surface area contributed by atoms with Crippen LogP contribution in [0.2, 0.25) is 5.15 Å². The first-order valence-electron chi connectivity index (χ1n) is 6.65. The molecule has 1 aliphatic carbocycles. The molecule has 0 amide bonds. The van der Waals surface area contributed by atoms with Gasteiger partial charge in [0.05, 0.1) is 5.39 Å². The summed E-state index contributed by atoms with van der Waals surface area (Å²) < 4.78 is 5.72. The minimum absolute atomic E-state index is 0.499. The Kier molecular flexibility index (Phi) is 3.28. The van der Waals surface area contributed by atoms with Crippen molar-refractivity contribution in [2.24, 2.45) is 0 Å². The van der Waals surface area contributed by atoms with E-state index in [1.807, 2.05) is 20.8 Å². The van der Waals surface area contributed by atoms with E-state index in [2.05, 4.69) is 9.97 Å². The van der Waals surface area contributed by atoms with E-state index in [1.165, 1.54) is 16.9 Å². The maximum Gasteiger partial charge on any atom is 0.162 e. The largest absolute Gasteiger partial charge is 0.368 e. The molecule has 3 nitrogen and oxygen atoms in total. The van der Waals surface area contributed by atoms with Crippen molar-refractivity contribution < 1.29 is 4.74 Å². The SMILES string of the molecule is CCOC(C)(C)c1nc(Cl)c2c3c(sc2n1)CCC3. The Morgan fingerprint density at radius 3 is 2.84 bits per heavy atom. The highest BCUT2D eigenvalue weighted by atomic mass is 35.5. The topological polar surface area (TPSA) is 35.0 Å². The first kappa shape index (κ1) is 13.3. The van der Waals surface area contributed by atoms with Gasteiger partial charge in [0.2, 0.25) is 0 Å². The zero-order valence-electron chi connectivity index (χ0n) is 11.4. The molecule has 19 heavy (non-hydrogen) atoms. The predicted molar refractivity (Wildman–Crippen MR) is 79.1 cm³/mol. The zero-order valence-corrected chi connectivity index (χ0v) is 13.0. The minimum atomic E-state index is -0.499. The third-order valence-corrected chi connectivity index (χ3v) is 5.02. The van der Waals surface area contributed by atoms with Gasteiger partial charge in [-0.05, 0) is 45.6 Å². The van der Waals surface area contributed by atoms with Gasteiger partial charge in [0.1, 0.15) is 15.6 Å². The summed E-state index contributed by atoms with van der Waals surface area (Å²) in [6.45, 7) is 6.57. The first-order chi connectivity index (χ1) is 9.03. The summed E-state index contributed by atoms with van der Waals surface area (Å²) in [4.78, 5) is 11.6. The lowest BCUT2D eigenvalue weighted by Crippen LogP contribution is -2.24. The zero-order chi connectivity index (χ0) is 13.6. The monoisotopic (exact) mass is 296 g/mol. The maximum absolute atomic E-state index is 6.39. The van der Waals surface area contributed by atoms with Gasteiger partial charge in [0.25, 0.3) is 0 Å². The Labute approximate surface area is 122 Å². The number of fused-ring (bicyclic) bond motifs is 3. The van der Waals surface area contributed by atoms with Crippen LogP contribution in [-0.4, -0.2) is 16.6 Å². The quantitative estimate of drug-likeness (QED) is 0.800. The van der Waals surface area contributed by atoms with Gasteiger partial charge in [-0.1, -0.05) is 11.6 Å². The van der Waals surface area contributed by atoms with Crippen LogP contribution in [0.4, 0.5) is 0 Å². The van der Waals surface area contributed by atoms with Crippen LogP contribution in [0.1, 0.15) is 43.5 Å². The lowest BCUT2D eigenvalue weighted by atomic mass is 10.1. The molecule has 2 aromatic rings. The van der Waals surface area contributed by atoms with E-state index >= 15 is 0 Å². The molecule has 0 N–H and O–H groups in total. The molecule has 0 spiro atoms. The van der Waals surface area contributed by atoms with Gasteiger partial charge in [-0.3, -0.25) is 0 Å². The number of ether oxygens (including phenoxy) is 1. The molecule has 5 heteroatoms. The van der Waals surface area contributed by atoms with Crippen molar-refractivity contribution in [3.05, 3.63) is 21.4 Å². The number of aryl methyl sites for hydroxylation is 2. The van der Waals surface area contributed by atoms with E-state index in [-0.39, 0.29) is 0 Å². The highest BCUT2D eigenvalue weighted by Gasteiger charge is 2.28. The molecule has 0 saturated carbocycles. The minimum Gasteiger partial charge on any atom is -0.368 e. The summed E-state index contributed by atoms with van der Waals surface area (Å²) >= 11 is 8.15. The number of nitrogens with zero attached hydrogens (tertiary/aromatic N) is 2. The Hall–Kier alpha value is -0.710. The fourth-order valence-electron chi connectivity index (χ4n) is 2.65. The van der Waals surface area contributed by atoms with E-state index in [9.17, 15) is 0 Å². The van der Waals surface area contributed by atoms with Gasteiger partial charge < -0.3 is 4.74 Å². The second-order valence-electron chi connectivity index (χ2n) is 5.32. The lowest BCUT2D eigenvalue weighted by molar-refractivity contribution is -0.0205. The van der Waals surface area contributed by atoms with Crippen LogP contribution in [0.25, 0.3) is 10.2 Å². The number of aromatic nitrogens is 2. The molecule has 0 radical (unpaired) electrons. The molecule has 1 aliphatic rings. The van der Waals surface area contributed by atoms with Crippen molar-refractivity contribution >= 4 is 33.2 Å². The summed E-state index contributed by atoms with van der Waals surface area (Å²) in [5.41, 5.74) is 0.867. The molecule has 0 atom stereocenters. The second kappa shape index (κ2) is 4.69. The van der Waals surface area contributed by atoms with Crippen LogP contribution in [-0.2, 0) is 23.2 Å². The normalized spacial score (nSPS) is 15.2. The van der Waals surface area contributed by atoms with E-state index < -0.39 is 5.60 Å². The first-order valence-corrected chi connectivity index (χ1v) is 7.84. The van der Waals surface area contributed by atoms with Crippen LogP contribution in [0.5, 0.6) is 0 Å². The second-order valence-corrected chi connectivity index (χ2v) is 6.76. The van der Waals surface area contributed by atoms with E-state index in [0.29, 0.717) is 17.6 Å². The molecule has 0 saturated heterocycles. The molecule has 102 valence electrons. The van der Waals surface area contributed by atoms with Gasteiger partial charge >= 0.3 is 0 Å². The molecular weight excluding hydrogens is 280 g/mol. The number of halogens is 1. The Balaban J connectivity index is 2.16. The average molecular weight is 297 g/mol. The Bertz CT molecular complexity index is 636. The fraction of sp³-hybridized carbons (Fsp3) is 0.571. The van der Waals surface area contributed by atoms with Gasteiger partial charge in [-0.15, -0.1) is 11.3 Å². The van der Waals surface area contributed by atoms with Crippen LogP contribution < -0.4 is 0 Å². The maximum atomic E-state index is 6.39. The molecule has 0 bridgehead atoms. The number of rotatable bonds is 3. The standard InChI is InChI=1S/C14H17ClN2OS/c1-4-18-14(2,3)13-16-11(15)10-8-6-5-7-9(8)19-12(10)17-13/h4-7H2,1-3H3. The van der Waals surface area contributed by atoms with Crippen molar-refractivity contribution in [3.8, 4) is 0 Å². The lowest BCUT2D eigenvalue weighted by Gasteiger charge is -2.22. The molecule has 3 rings (SSSR count). The highest BCUT2D eigenvalue weighted by Crippen LogP contribution is 2.40. The predicted octanol–water partition coefficient (Wildman–Crippen LogP) is 4.11. The third-order valence-electron chi connectivity index (χ3n) is 3.56. The Morgan fingerprint density at radius 2 is 2.11 bits per heavy atom. The molecule has 0 unspecified atom stereocenters. The number of thiophene rings is 1. The summed E-state index contributed by atoms with van der Waals surface area (Å²) in [5, 5.41) is 1.64. The Morgan fingerprint density at radius 1 is 1.32 bits per heavy atom. The number of hydrogen-bond donors (Lipinski definition) is 0. The van der Waals surface area contributed by atoms with Crippen molar-refractivity contribution in [1.29, 1.82) is 0 Å². The molecule has 0 aliphatic heterocycles. The van der Waals surface area contributed by atoms with Gasteiger partial charge in [-0.25, -0.2) is 9.97 Å². The summed E-state index contributed by atoms with van der Waals surface area (Å²) in [6, 6.07) is 0. The van der Waals surface area contributed by atoms with Crippen LogP contribution in [0.3, 0.4) is 0 Å². The molecule has 0 aromatic carbocycles. The van der Waals surface area contributed by atoms with Gasteiger partial charge in [-0.2, -0.15) is 0 Å². The van der Waals surface area contributed by atoms with Crippen LogP contribution >= 0.6 is 22.9 Å². The highest BCUT2D eigenvalue weighted by molar-refractivity contribution is 7.19. The molecule has 2 heterocycles. The molecule has 0 fully saturated rings. The number of hydrogen-bond acceptors (Lipinski definition) is 4. The van der Waals surface area contributed by atoms with Crippen molar-refractivity contribution in [1.82, 2.24) is 9.97 Å².